The summed E-state index contributed by atoms with van der Waals surface area (Å²) in [6.45, 7) is 5.85. The molecule has 3 N–H and O–H groups in total. The number of rotatable bonds is 4. The van der Waals surface area contributed by atoms with Crippen molar-refractivity contribution >= 4 is 15.9 Å². The molecule has 0 heterocycles. The van der Waals surface area contributed by atoms with Crippen LogP contribution in [0.1, 0.15) is 26.3 Å². The van der Waals surface area contributed by atoms with Gasteiger partial charge in [-0.05, 0) is 38.5 Å². The summed E-state index contributed by atoms with van der Waals surface area (Å²) in [7, 11) is -2.02. The zero-order chi connectivity index (χ0) is 14.0. The van der Waals surface area contributed by atoms with Crippen LogP contribution in [-0.4, -0.2) is 21.0 Å². The topological polar surface area (TPSA) is 75.4 Å². The molecule has 1 aromatic rings. The first-order chi connectivity index (χ1) is 8.15. The normalized spacial score (nSPS) is 12.5. The van der Waals surface area contributed by atoms with E-state index >= 15 is 0 Å². The van der Waals surface area contributed by atoms with E-state index in [1.54, 1.807) is 32.9 Å². The second-order valence-electron chi connectivity index (χ2n) is 5.20. The summed E-state index contributed by atoms with van der Waals surface area (Å²) >= 11 is 0. The zero-order valence-electron chi connectivity index (χ0n) is 11.3. The number of anilines is 1. The predicted octanol–water partition coefficient (Wildman–Crippen LogP) is 1.21. The van der Waals surface area contributed by atoms with Crippen molar-refractivity contribution in [1.82, 2.24) is 4.72 Å². The van der Waals surface area contributed by atoms with E-state index < -0.39 is 15.7 Å². The molecule has 1 rings (SSSR count). The number of nitrogens with two attached hydrogens (primary N) is 1. The van der Waals surface area contributed by atoms with Crippen molar-refractivity contribution < 1.29 is 8.42 Å². The molecule has 5 nitrogen and oxygen atoms in total. The first-order valence-electron chi connectivity index (χ1n) is 5.72. The number of nitrogens with zero attached hydrogens (tertiary/aromatic N) is 1. The molecule has 18 heavy (non-hydrogen) atoms. The maximum absolute atomic E-state index is 12.1. The molecule has 0 fully saturated rings. The van der Waals surface area contributed by atoms with E-state index in [0.717, 1.165) is 5.56 Å². The maximum atomic E-state index is 12.1. The highest BCUT2D eigenvalue weighted by molar-refractivity contribution is 7.90. The van der Waals surface area contributed by atoms with Crippen LogP contribution in [0, 0.1) is 0 Å². The minimum Gasteiger partial charge on any atom is -0.326 e. The van der Waals surface area contributed by atoms with Gasteiger partial charge in [0.15, 0.2) is 0 Å². The van der Waals surface area contributed by atoms with Crippen molar-refractivity contribution in [2.75, 3.05) is 11.4 Å². The van der Waals surface area contributed by atoms with E-state index in [0.29, 0.717) is 12.2 Å². The van der Waals surface area contributed by atoms with Crippen molar-refractivity contribution in [1.29, 1.82) is 0 Å². The Labute approximate surface area is 109 Å². The van der Waals surface area contributed by atoms with E-state index in [2.05, 4.69) is 4.72 Å². The summed E-state index contributed by atoms with van der Waals surface area (Å²) in [5.41, 5.74) is 6.56. The number of nitrogens with one attached hydrogen (secondary N) is 1. The van der Waals surface area contributed by atoms with Crippen molar-refractivity contribution in [3.05, 3.63) is 29.8 Å². The smallest absolute Gasteiger partial charge is 0.301 e. The van der Waals surface area contributed by atoms with Crippen molar-refractivity contribution in [3.8, 4) is 0 Å². The Balaban J connectivity index is 2.95. The maximum Gasteiger partial charge on any atom is 0.301 e. The minimum absolute atomic E-state index is 0.441. The molecule has 0 bridgehead atoms. The summed E-state index contributed by atoms with van der Waals surface area (Å²) in [6, 6.07) is 7.12. The van der Waals surface area contributed by atoms with Gasteiger partial charge in [-0.15, -0.1) is 0 Å². The lowest BCUT2D eigenvalue weighted by Gasteiger charge is -2.26. The van der Waals surface area contributed by atoms with Crippen LogP contribution in [0.25, 0.3) is 0 Å². The van der Waals surface area contributed by atoms with E-state index in [9.17, 15) is 8.42 Å². The van der Waals surface area contributed by atoms with Gasteiger partial charge in [0.1, 0.15) is 0 Å². The first kappa shape index (κ1) is 14.9. The summed E-state index contributed by atoms with van der Waals surface area (Å²) < 4.78 is 28.0. The zero-order valence-corrected chi connectivity index (χ0v) is 12.1. The Bertz CT molecular complexity index is 489. The van der Waals surface area contributed by atoms with Gasteiger partial charge < -0.3 is 5.73 Å². The van der Waals surface area contributed by atoms with Gasteiger partial charge in [-0.2, -0.15) is 13.1 Å². The third kappa shape index (κ3) is 3.97. The van der Waals surface area contributed by atoms with Gasteiger partial charge in [-0.25, -0.2) is 0 Å². The second-order valence-corrected chi connectivity index (χ2v) is 6.90. The third-order valence-electron chi connectivity index (χ3n) is 2.33. The fourth-order valence-electron chi connectivity index (χ4n) is 1.44. The van der Waals surface area contributed by atoms with Crippen molar-refractivity contribution in [3.63, 3.8) is 0 Å². The average molecular weight is 271 g/mol. The molecule has 0 aliphatic heterocycles. The van der Waals surface area contributed by atoms with E-state index in [1.165, 1.54) is 11.4 Å². The molecule has 0 radical (unpaired) electrons. The van der Waals surface area contributed by atoms with Gasteiger partial charge in [0, 0.05) is 19.1 Å². The highest BCUT2D eigenvalue weighted by Gasteiger charge is 2.24. The summed E-state index contributed by atoms with van der Waals surface area (Å²) in [4.78, 5) is 0. The quantitative estimate of drug-likeness (QED) is 0.864. The molecule has 0 unspecified atom stereocenters. The highest BCUT2D eigenvalue weighted by atomic mass is 32.2. The minimum atomic E-state index is -3.54. The van der Waals surface area contributed by atoms with Crippen LogP contribution < -0.4 is 14.8 Å². The molecule has 102 valence electrons. The molecule has 0 atom stereocenters. The molecule has 0 aliphatic rings. The lowest BCUT2D eigenvalue weighted by molar-refractivity contribution is 0.490. The molecule has 0 aromatic heterocycles. The molecular weight excluding hydrogens is 250 g/mol. The number of hydrogen-bond acceptors (Lipinski definition) is 3. The standard InChI is InChI=1S/C12H21N3O2S/c1-12(2,3)14-18(16,17)15(4)11-7-5-10(9-13)6-8-11/h5-8,14H,9,13H2,1-4H3. The summed E-state index contributed by atoms with van der Waals surface area (Å²) in [5.74, 6) is 0. The fraction of sp³-hybridized carbons (Fsp3) is 0.500. The van der Waals surface area contributed by atoms with Gasteiger partial charge in [-0.1, -0.05) is 12.1 Å². The Kier molecular flexibility index (Phi) is 4.37. The van der Waals surface area contributed by atoms with Crippen molar-refractivity contribution in [2.24, 2.45) is 5.73 Å². The Morgan fingerprint density at radius 3 is 2.11 bits per heavy atom. The molecule has 0 spiro atoms. The molecule has 0 saturated carbocycles. The number of benzene rings is 1. The Morgan fingerprint density at radius 2 is 1.72 bits per heavy atom. The molecule has 6 heteroatoms. The lowest BCUT2D eigenvalue weighted by atomic mass is 10.1. The van der Waals surface area contributed by atoms with Crippen LogP contribution in [-0.2, 0) is 16.8 Å². The lowest BCUT2D eigenvalue weighted by Crippen LogP contribution is -2.47. The molecule has 1 aromatic carbocycles. The van der Waals surface area contributed by atoms with Crippen LogP contribution in [0.5, 0.6) is 0 Å². The SMILES string of the molecule is CN(c1ccc(CN)cc1)S(=O)(=O)NC(C)(C)C. The van der Waals surface area contributed by atoms with E-state index in [-0.39, 0.29) is 0 Å². The van der Waals surface area contributed by atoms with Gasteiger partial charge in [0.25, 0.3) is 0 Å². The van der Waals surface area contributed by atoms with Crippen molar-refractivity contribution in [2.45, 2.75) is 32.9 Å². The van der Waals surface area contributed by atoms with E-state index in [1.807, 2.05) is 12.1 Å². The van der Waals surface area contributed by atoms with Crippen LogP contribution in [0.15, 0.2) is 24.3 Å². The monoisotopic (exact) mass is 271 g/mol. The van der Waals surface area contributed by atoms with Gasteiger partial charge in [-0.3, -0.25) is 4.31 Å². The van der Waals surface area contributed by atoms with E-state index in [4.69, 9.17) is 5.73 Å². The first-order valence-corrected chi connectivity index (χ1v) is 7.16. The van der Waals surface area contributed by atoms with Gasteiger partial charge in [0.05, 0.1) is 5.69 Å². The third-order valence-corrected chi connectivity index (χ3v) is 4.13. The second kappa shape index (κ2) is 5.26. The fourth-order valence-corrected chi connectivity index (χ4v) is 2.75. The summed E-state index contributed by atoms with van der Waals surface area (Å²) in [6.07, 6.45) is 0. The van der Waals surface area contributed by atoms with Crippen LogP contribution in [0.2, 0.25) is 0 Å². The Morgan fingerprint density at radius 1 is 1.22 bits per heavy atom. The van der Waals surface area contributed by atoms with Crippen LogP contribution >= 0.6 is 0 Å². The largest absolute Gasteiger partial charge is 0.326 e. The Hall–Kier alpha value is -1.11. The summed E-state index contributed by atoms with van der Waals surface area (Å²) in [5, 5.41) is 0. The molecule has 0 amide bonds. The molecule has 0 aliphatic carbocycles. The molecule has 0 saturated heterocycles. The highest BCUT2D eigenvalue weighted by Crippen LogP contribution is 2.17. The van der Waals surface area contributed by atoms with Crippen LogP contribution in [0.3, 0.4) is 0 Å². The van der Waals surface area contributed by atoms with Crippen LogP contribution in [0.4, 0.5) is 5.69 Å². The molecular formula is C12H21N3O2S. The number of hydrogen-bond donors (Lipinski definition) is 2. The average Bonchev–Trinajstić information content (AvgIpc) is 2.25. The van der Waals surface area contributed by atoms with Gasteiger partial charge in [0.2, 0.25) is 0 Å². The van der Waals surface area contributed by atoms with Gasteiger partial charge >= 0.3 is 10.2 Å². The predicted molar refractivity (Wildman–Crippen MR) is 74.5 cm³/mol.